The average Bonchev–Trinajstić information content (AvgIpc) is 3.97. The van der Waals surface area contributed by atoms with Gasteiger partial charge in [0.05, 0.1) is 23.3 Å². The van der Waals surface area contributed by atoms with Gasteiger partial charge in [-0.3, -0.25) is 0 Å². The monoisotopic (exact) mass is 729 g/mol. The first-order chi connectivity index (χ1) is 34.8. The Kier molecular flexibility index (Phi) is 4.03. The number of hydrogen-bond donors (Lipinski definition) is 0. The van der Waals surface area contributed by atoms with Crippen LogP contribution in [0.3, 0.4) is 0 Å². The van der Waals surface area contributed by atoms with Crippen molar-refractivity contribution in [2.45, 2.75) is 0 Å². The molecule has 12 rings (SSSR count). The molecule has 0 amide bonds. The van der Waals surface area contributed by atoms with Crippen LogP contribution < -0.4 is 0 Å². The summed E-state index contributed by atoms with van der Waals surface area (Å²) in [6, 6.07) is 15.6. The van der Waals surface area contributed by atoms with E-state index in [9.17, 15) is 8.22 Å². The van der Waals surface area contributed by atoms with Gasteiger partial charge in [0.15, 0.2) is 0 Å². The normalized spacial score (nSPS) is 16.2. The van der Waals surface area contributed by atoms with Crippen LogP contribution in [0.1, 0.15) is 23.3 Å². The summed E-state index contributed by atoms with van der Waals surface area (Å²) < 4.78 is 165. The average molecular weight is 730 g/mol. The third kappa shape index (κ3) is 4.69. The quantitative estimate of drug-likeness (QED) is 0.169. The lowest BCUT2D eigenvalue weighted by Gasteiger charge is -2.18. The molecule has 0 aliphatic heterocycles. The second kappa shape index (κ2) is 12.0. The van der Waals surface area contributed by atoms with Crippen molar-refractivity contribution in [1.82, 2.24) is 0 Å². The fraction of sp³-hybridized carbons (Fsp3) is 0. The minimum atomic E-state index is -0.879. The summed E-state index contributed by atoms with van der Waals surface area (Å²) in [5.74, 6) is 0. The van der Waals surface area contributed by atoms with Crippen molar-refractivity contribution in [3.8, 4) is 44.5 Å². The van der Waals surface area contributed by atoms with E-state index in [-0.39, 0.29) is 27.1 Å². The first kappa shape index (κ1) is 18.8. The molecule has 2 heteroatoms. The standard InChI is InChI=1S/C54H32O2/c1-2-11-33(12-3-1)34-13-10-14-39(30-34)51-41-15-4-6-17-43(41)52(44-18-7-5-16-42(44)51)40-24-23-35-29-36(21-22-37(35)31-40)38-25-26-46-50(32-38)56-49-28-27-48-53(54(46)49)45-19-8-9-20-47(45)55-48/h1-32H/i1D,2D,3D,4D,5D,6D,7D,10D,11D,12D,13D,14D,15D,16D,17D,18D,30D. The Bertz CT molecular complexity index is 4430. The summed E-state index contributed by atoms with van der Waals surface area (Å²) in [5, 5.41) is 4.01. The molecule has 0 unspecified atom stereocenters. The summed E-state index contributed by atoms with van der Waals surface area (Å²) in [4.78, 5) is 0. The molecule has 0 fully saturated rings. The van der Waals surface area contributed by atoms with Crippen LogP contribution in [0.4, 0.5) is 0 Å². The van der Waals surface area contributed by atoms with Crippen molar-refractivity contribution >= 4 is 76.2 Å². The van der Waals surface area contributed by atoms with E-state index in [0.29, 0.717) is 22.1 Å². The van der Waals surface area contributed by atoms with Crippen LogP contribution >= 0.6 is 0 Å². The Balaban J connectivity index is 1.11. The minimum absolute atomic E-state index is 0.0133. The Morgan fingerprint density at radius 2 is 0.839 bits per heavy atom. The van der Waals surface area contributed by atoms with E-state index in [0.717, 1.165) is 49.2 Å². The minimum Gasteiger partial charge on any atom is -0.456 e. The van der Waals surface area contributed by atoms with Gasteiger partial charge in [0, 0.05) is 21.5 Å². The Morgan fingerprint density at radius 1 is 0.321 bits per heavy atom. The van der Waals surface area contributed by atoms with Gasteiger partial charge in [0.25, 0.3) is 0 Å². The second-order valence-electron chi connectivity index (χ2n) is 13.5. The lowest BCUT2D eigenvalue weighted by molar-refractivity contribution is 0.663. The van der Waals surface area contributed by atoms with Gasteiger partial charge in [-0.15, -0.1) is 0 Å². The molecule has 0 saturated heterocycles. The van der Waals surface area contributed by atoms with Crippen LogP contribution in [0.2, 0.25) is 0 Å². The predicted octanol–water partition coefficient (Wildman–Crippen LogP) is 15.6. The zero-order chi connectivity index (χ0) is 51.5. The third-order valence-corrected chi connectivity index (χ3v) is 10.4. The van der Waals surface area contributed by atoms with E-state index < -0.39 is 125 Å². The third-order valence-electron chi connectivity index (χ3n) is 10.4. The van der Waals surface area contributed by atoms with Crippen molar-refractivity contribution in [3.63, 3.8) is 0 Å². The molecule has 12 aromatic rings. The molecule has 2 heterocycles. The number of furan rings is 2. The SMILES string of the molecule is [2H]c1c([2H])c([2H])c(-c2c([2H])c([2H])c([2H])c(-c3c4c([2H])c([2H])c([2H])c([2H])c4c(-c4ccc5cc(-c6ccc7c(c6)oc6ccc8oc9ccccc9c8c67)ccc5c4)c4c([2H])c([2H])c([2H])c([2H])c34)c2[2H])c([2H])c1[2H]. The smallest absolute Gasteiger partial charge is 0.136 e. The van der Waals surface area contributed by atoms with Crippen LogP contribution in [0.15, 0.2) is 203 Å². The highest BCUT2D eigenvalue weighted by atomic mass is 16.3. The van der Waals surface area contributed by atoms with E-state index >= 15 is 0 Å². The van der Waals surface area contributed by atoms with Crippen molar-refractivity contribution in [1.29, 1.82) is 0 Å². The van der Waals surface area contributed by atoms with Gasteiger partial charge in [0.2, 0.25) is 0 Å². The molecule has 0 bridgehead atoms. The summed E-state index contributed by atoms with van der Waals surface area (Å²) in [6.07, 6.45) is 0. The van der Waals surface area contributed by atoms with Gasteiger partial charge in [-0.25, -0.2) is 0 Å². The number of para-hydroxylation sites is 1. The lowest BCUT2D eigenvalue weighted by atomic mass is 9.85. The van der Waals surface area contributed by atoms with Crippen LogP contribution in [-0.4, -0.2) is 0 Å². The Morgan fingerprint density at radius 3 is 1.55 bits per heavy atom. The van der Waals surface area contributed by atoms with Crippen molar-refractivity contribution in [2.75, 3.05) is 0 Å². The molecule has 56 heavy (non-hydrogen) atoms. The number of rotatable bonds is 4. The molecule has 0 aliphatic carbocycles. The first-order valence-electron chi connectivity index (χ1n) is 26.3. The zero-order valence-corrected chi connectivity index (χ0v) is 29.0. The molecule has 0 N–H and O–H groups in total. The van der Waals surface area contributed by atoms with Crippen molar-refractivity contribution in [3.05, 3.63) is 194 Å². The van der Waals surface area contributed by atoms with E-state index in [1.54, 1.807) is 18.2 Å². The van der Waals surface area contributed by atoms with Gasteiger partial charge >= 0.3 is 0 Å². The number of fused-ring (bicyclic) bond motifs is 10. The Hall–Kier alpha value is -7.42. The van der Waals surface area contributed by atoms with Gasteiger partial charge in [-0.05, 0) is 125 Å². The lowest BCUT2D eigenvalue weighted by Crippen LogP contribution is -1.91. The zero-order valence-electron chi connectivity index (χ0n) is 46.0. The van der Waals surface area contributed by atoms with Crippen molar-refractivity contribution in [2.24, 2.45) is 0 Å². The molecular weight excluding hydrogens is 681 g/mol. The molecule has 0 spiro atoms. The maximum absolute atomic E-state index is 9.63. The van der Waals surface area contributed by atoms with E-state index in [2.05, 4.69) is 0 Å². The van der Waals surface area contributed by atoms with Crippen LogP contribution in [-0.2, 0) is 0 Å². The first-order valence-corrected chi connectivity index (χ1v) is 17.8. The fourth-order valence-electron chi connectivity index (χ4n) is 7.97. The summed E-state index contributed by atoms with van der Waals surface area (Å²) in [5.41, 5.74) is 2.53. The number of benzene rings is 10. The predicted molar refractivity (Wildman–Crippen MR) is 235 cm³/mol. The fourth-order valence-corrected chi connectivity index (χ4v) is 7.97. The second-order valence-corrected chi connectivity index (χ2v) is 13.5. The van der Waals surface area contributed by atoms with Crippen molar-refractivity contribution < 1.29 is 32.1 Å². The molecule has 0 aliphatic rings. The van der Waals surface area contributed by atoms with Gasteiger partial charge in [-0.1, -0.05) is 145 Å². The largest absolute Gasteiger partial charge is 0.456 e. The van der Waals surface area contributed by atoms with E-state index in [1.807, 2.05) is 72.8 Å². The molecule has 10 aromatic carbocycles. The highest BCUT2D eigenvalue weighted by Crippen LogP contribution is 2.45. The van der Waals surface area contributed by atoms with E-state index in [1.165, 1.54) is 0 Å². The van der Waals surface area contributed by atoms with Gasteiger partial charge < -0.3 is 8.83 Å². The summed E-state index contributed by atoms with van der Waals surface area (Å²) in [6.45, 7) is 0. The molecule has 2 aromatic heterocycles. The molecule has 2 nitrogen and oxygen atoms in total. The number of hydrogen-bond acceptors (Lipinski definition) is 2. The molecule has 0 radical (unpaired) electrons. The highest BCUT2D eigenvalue weighted by molar-refractivity contribution is 6.26. The van der Waals surface area contributed by atoms with E-state index in [4.69, 9.17) is 23.9 Å². The van der Waals surface area contributed by atoms with Crippen LogP contribution in [0.5, 0.6) is 0 Å². The highest BCUT2D eigenvalue weighted by Gasteiger charge is 2.19. The van der Waals surface area contributed by atoms with Crippen LogP contribution in [0, 0.1) is 0 Å². The van der Waals surface area contributed by atoms with Gasteiger partial charge in [0.1, 0.15) is 22.3 Å². The molecule has 260 valence electrons. The topological polar surface area (TPSA) is 26.3 Å². The summed E-state index contributed by atoms with van der Waals surface area (Å²) in [7, 11) is 0. The van der Waals surface area contributed by atoms with Crippen LogP contribution in [0.25, 0.3) is 121 Å². The maximum Gasteiger partial charge on any atom is 0.136 e. The maximum atomic E-state index is 9.63. The summed E-state index contributed by atoms with van der Waals surface area (Å²) >= 11 is 0. The molecule has 0 atom stereocenters. The molecule has 0 saturated carbocycles. The van der Waals surface area contributed by atoms with Gasteiger partial charge in [-0.2, -0.15) is 0 Å². The Labute approximate surface area is 346 Å². The molecular formula is C54H32O2.